The van der Waals surface area contributed by atoms with E-state index in [4.69, 9.17) is 14.2 Å². The van der Waals surface area contributed by atoms with Gasteiger partial charge in [0.25, 0.3) is 11.2 Å². The van der Waals surface area contributed by atoms with Gasteiger partial charge in [-0.15, -0.1) is 0 Å². The molecule has 1 aliphatic rings. The van der Waals surface area contributed by atoms with Gasteiger partial charge in [-0.3, -0.25) is 19.5 Å². The Kier molecular flexibility index (Phi) is 8.29. The number of carbonyl (C=O) groups excluding carboxylic acids is 1. The van der Waals surface area contributed by atoms with Crippen molar-refractivity contribution in [3.8, 4) is 11.5 Å². The van der Waals surface area contributed by atoms with E-state index in [1.165, 1.54) is 22.0 Å². The molecule has 0 saturated heterocycles. The molecule has 1 aromatic heterocycles. The minimum atomic E-state index is -0.943. The van der Waals surface area contributed by atoms with E-state index < -0.39 is 16.9 Å². The van der Waals surface area contributed by atoms with Crippen LogP contribution in [0.15, 0.2) is 57.5 Å². The number of fused-ring (bicyclic) bond motifs is 1. The van der Waals surface area contributed by atoms with E-state index >= 15 is 0 Å². The Balaban J connectivity index is 1.93. The van der Waals surface area contributed by atoms with Crippen LogP contribution in [0.1, 0.15) is 50.4 Å². The number of hydrogen-bond acceptors (Lipinski definition) is 9. The largest absolute Gasteiger partial charge is 0.490 e. The fraction of sp³-hybridized carbons (Fsp3) is 0.321. The van der Waals surface area contributed by atoms with Gasteiger partial charge in [0, 0.05) is 11.6 Å². The van der Waals surface area contributed by atoms with Crippen LogP contribution in [-0.4, -0.2) is 35.3 Å². The first-order valence-electron chi connectivity index (χ1n) is 12.5. The number of rotatable bonds is 9. The molecule has 39 heavy (non-hydrogen) atoms. The number of nitrogens with zero attached hydrogens (tertiary/aromatic N) is 3. The third-order valence-electron chi connectivity index (χ3n) is 6.13. The van der Waals surface area contributed by atoms with Gasteiger partial charge in [0.15, 0.2) is 16.3 Å². The van der Waals surface area contributed by atoms with Crippen LogP contribution in [0.5, 0.6) is 11.5 Å². The van der Waals surface area contributed by atoms with Crippen molar-refractivity contribution in [2.75, 3.05) is 19.8 Å². The Bertz CT molecular complexity index is 1650. The quantitative estimate of drug-likeness (QED) is 0.225. The van der Waals surface area contributed by atoms with Crippen molar-refractivity contribution in [1.29, 1.82) is 0 Å². The van der Waals surface area contributed by atoms with Gasteiger partial charge in [0.2, 0.25) is 0 Å². The van der Waals surface area contributed by atoms with E-state index in [1.54, 1.807) is 51.1 Å². The lowest BCUT2D eigenvalue weighted by Gasteiger charge is -2.24. The van der Waals surface area contributed by atoms with Gasteiger partial charge >= 0.3 is 5.97 Å². The molecule has 10 nitrogen and oxygen atoms in total. The molecule has 0 unspecified atom stereocenters. The van der Waals surface area contributed by atoms with Gasteiger partial charge in [-0.2, -0.15) is 0 Å². The van der Waals surface area contributed by atoms with Crippen molar-refractivity contribution >= 4 is 29.1 Å². The monoisotopic (exact) mass is 551 g/mol. The van der Waals surface area contributed by atoms with E-state index in [0.29, 0.717) is 50.9 Å². The Morgan fingerprint density at radius 1 is 1.08 bits per heavy atom. The number of allylic oxidation sites excluding steroid dienone is 1. The smallest absolute Gasteiger partial charge is 0.338 e. The first-order chi connectivity index (χ1) is 18.7. The summed E-state index contributed by atoms with van der Waals surface area (Å²) in [6, 6.07) is 9.15. The zero-order chi connectivity index (χ0) is 28.3. The normalized spacial score (nSPS) is 15.0. The summed E-state index contributed by atoms with van der Waals surface area (Å²) in [5.41, 5.74) is 1.66. The van der Waals surface area contributed by atoms with Crippen LogP contribution in [0.2, 0.25) is 0 Å². The van der Waals surface area contributed by atoms with E-state index in [-0.39, 0.29) is 23.4 Å². The van der Waals surface area contributed by atoms with Crippen LogP contribution < -0.4 is 24.4 Å². The van der Waals surface area contributed by atoms with Gasteiger partial charge in [0.05, 0.1) is 46.6 Å². The Morgan fingerprint density at radius 2 is 1.79 bits per heavy atom. The second kappa shape index (κ2) is 11.6. The van der Waals surface area contributed by atoms with Crippen molar-refractivity contribution in [1.82, 2.24) is 4.57 Å². The average Bonchev–Trinajstić information content (AvgIpc) is 3.19. The molecule has 3 aromatic rings. The summed E-state index contributed by atoms with van der Waals surface area (Å²) in [5, 5.41) is 11.7. The highest BCUT2D eigenvalue weighted by atomic mass is 32.1. The fourth-order valence-electron chi connectivity index (χ4n) is 4.41. The number of ether oxygens (including phenoxy) is 3. The molecule has 0 fully saturated rings. The maximum atomic E-state index is 13.8. The Morgan fingerprint density at radius 3 is 2.46 bits per heavy atom. The number of aryl methyl sites for hydroxylation is 1. The molecule has 0 amide bonds. The SMILES string of the molecule is CCOC(=O)C1=C(C)N=c2s/c(=C/c3ccc(OCC)c(OCC)c3)c(=O)n2[C@@H]1c1ccc(C)c([N+](=O)[O-])c1. The summed E-state index contributed by atoms with van der Waals surface area (Å²) >= 11 is 1.17. The molecule has 2 aromatic carbocycles. The van der Waals surface area contributed by atoms with E-state index in [2.05, 4.69) is 4.99 Å². The van der Waals surface area contributed by atoms with Gasteiger partial charge < -0.3 is 14.2 Å². The van der Waals surface area contributed by atoms with Crippen molar-refractivity contribution in [3.63, 3.8) is 0 Å². The summed E-state index contributed by atoms with van der Waals surface area (Å²) in [6.45, 7) is 9.80. The van der Waals surface area contributed by atoms with Gasteiger partial charge in [0.1, 0.15) is 0 Å². The molecule has 1 aliphatic heterocycles. The van der Waals surface area contributed by atoms with Crippen molar-refractivity contribution in [3.05, 3.63) is 94.2 Å². The van der Waals surface area contributed by atoms with Gasteiger partial charge in [-0.1, -0.05) is 29.5 Å². The molecule has 2 heterocycles. The summed E-state index contributed by atoms with van der Waals surface area (Å²) in [7, 11) is 0. The summed E-state index contributed by atoms with van der Waals surface area (Å²) in [6.07, 6.45) is 1.72. The van der Waals surface area contributed by atoms with Crippen LogP contribution >= 0.6 is 11.3 Å². The molecule has 1 atom stereocenters. The topological polar surface area (TPSA) is 122 Å². The summed E-state index contributed by atoms with van der Waals surface area (Å²) in [4.78, 5) is 43.0. The number of nitro benzene ring substituents is 1. The van der Waals surface area contributed by atoms with Crippen molar-refractivity contribution in [2.24, 2.45) is 4.99 Å². The van der Waals surface area contributed by atoms with Gasteiger partial charge in [-0.25, -0.2) is 9.79 Å². The molecule has 0 bridgehead atoms. The first kappa shape index (κ1) is 27.8. The molecule has 204 valence electrons. The molecule has 11 heteroatoms. The molecule has 0 spiro atoms. The van der Waals surface area contributed by atoms with E-state index in [1.807, 2.05) is 19.9 Å². The van der Waals surface area contributed by atoms with Crippen molar-refractivity contribution in [2.45, 2.75) is 40.7 Å². The van der Waals surface area contributed by atoms with E-state index in [0.717, 1.165) is 5.56 Å². The van der Waals surface area contributed by atoms with Crippen LogP contribution in [0.4, 0.5) is 5.69 Å². The number of nitro groups is 1. The van der Waals surface area contributed by atoms with Crippen LogP contribution in [-0.2, 0) is 9.53 Å². The molecular weight excluding hydrogens is 522 g/mol. The zero-order valence-electron chi connectivity index (χ0n) is 22.3. The minimum Gasteiger partial charge on any atom is -0.490 e. The molecule has 0 radical (unpaired) electrons. The lowest BCUT2D eigenvalue weighted by Crippen LogP contribution is -2.40. The minimum absolute atomic E-state index is 0.106. The maximum Gasteiger partial charge on any atom is 0.338 e. The highest BCUT2D eigenvalue weighted by Gasteiger charge is 2.34. The predicted molar refractivity (Wildman–Crippen MR) is 147 cm³/mol. The summed E-state index contributed by atoms with van der Waals surface area (Å²) < 4.78 is 18.4. The third kappa shape index (κ3) is 5.49. The highest BCUT2D eigenvalue weighted by Crippen LogP contribution is 2.33. The zero-order valence-corrected chi connectivity index (χ0v) is 23.2. The van der Waals surface area contributed by atoms with E-state index in [9.17, 15) is 19.7 Å². The van der Waals surface area contributed by atoms with Crippen LogP contribution in [0.3, 0.4) is 0 Å². The third-order valence-corrected chi connectivity index (χ3v) is 7.11. The number of benzene rings is 2. The van der Waals surface area contributed by atoms with Gasteiger partial charge in [-0.05, 0) is 64.0 Å². The van der Waals surface area contributed by atoms with Crippen molar-refractivity contribution < 1.29 is 23.9 Å². The average molecular weight is 552 g/mol. The maximum absolute atomic E-state index is 13.8. The lowest BCUT2D eigenvalue weighted by atomic mass is 9.94. The highest BCUT2D eigenvalue weighted by molar-refractivity contribution is 7.07. The second-order valence-electron chi connectivity index (χ2n) is 8.68. The Labute approximate surface area is 228 Å². The molecular formula is C28H29N3O7S. The van der Waals surface area contributed by atoms with Crippen LogP contribution in [0.25, 0.3) is 6.08 Å². The number of carbonyl (C=O) groups is 1. The predicted octanol–water partition coefficient (Wildman–Crippen LogP) is 3.81. The fourth-order valence-corrected chi connectivity index (χ4v) is 5.46. The lowest BCUT2D eigenvalue weighted by molar-refractivity contribution is -0.385. The molecule has 4 rings (SSSR count). The molecule has 0 N–H and O–H groups in total. The standard InChI is InChI=1S/C28H29N3O7S/c1-6-36-21-12-10-18(13-22(21)37-7-2)14-23-26(32)30-25(19-11-9-16(4)20(15-19)31(34)35)24(27(33)38-8-3)17(5)29-28(30)39-23/h9-15,25H,6-8H2,1-5H3/b23-14+/t25-/m1/s1. The second-order valence-corrected chi connectivity index (χ2v) is 9.69. The number of esters is 1. The molecule has 0 aliphatic carbocycles. The first-order valence-corrected chi connectivity index (χ1v) is 13.4. The number of hydrogen-bond donors (Lipinski definition) is 0. The summed E-state index contributed by atoms with van der Waals surface area (Å²) in [5.74, 6) is 0.536. The Hall–Kier alpha value is -4.25. The molecule has 0 saturated carbocycles. The van der Waals surface area contributed by atoms with Crippen LogP contribution in [0, 0.1) is 17.0 Å². The number of thiazole rings is 1. The number of aromatic nitrogens is 1.